The zero-order valence-electron chi connectivity index (χ0n) is 21.6. The predicted octanol–water partition coefficient (Wildman–Crippen LogP) is 5.28. The third kappa shape index (κ3) is 4.90. The summed E-state index contributed by atoms with van der Waals surface area (Å²) in [6.07, 6.45) is 1.89. The molecule has 1 saturated heterocycles. The Morgan fingerprint density at radius 2 is 2.05 bits per heavy atom. The molecule has 3 atom stereocenters. The van der Waals surface area contributed by atoms with Crippen LogP contribution in [0.15, 0.2) is 23.8 Å². The highest BCUT2D eigenvalue weighted by Gasteiger charge is 2.50. The molecule has 1 unspecified atom stereocenters. The van der Waals surface area contributed by atoms with Gasteiger partial charge in [0.25, 0.3) is 6.43 Å². The van der Waals surface area contributed by atoms with Crippen molar-refractivity contribution in [2.45, 2.75) is 57.3 Å². The number of alkyl halides is 2. The van der Waals surface area contributed by atoms with Crippen LogP contribution >= 0.6 is 0 Å². The number of halogens is 3. The normalized spacial score (nSPS) is 22.7. The summed E-state index contributed by atoms with van der Waals surface area (Å²) in [5.41, 5.74) is 0.137. The van der Waals surface area contributed by atoms with E-state index < -0.39 is 35.5 Å². The minimum absolute atomic E-state index is 0.0867. The van der Waals surface area contributed by atoms with Gasteiger partial charge in [0.15, 0.2) is 6.23 Å². The minimum Gasteiger partial charge on any atom is -0.462 e. The van der Waals surface area contributed by atoms with Crippen LogP contribution in [0.25, 0.3) is 6.08 Å². The highest BCUT2D eigenvalue weighted by molar-refractivity contribution is 5.80. The Morgan fingerprint density at radius 3 is 2.68 bits per heavy atom. The number of nitrogens with one attached hydrogen (secondary N) is 2. The molecule has 5 rings (SSSR count). The molecule has 3 aliphatic rings. The SMILES string of the molecule is COC1Nc2nc(OC[C@@H]3CCCN3C)nc(N[C@H](C)c3cccc(C(F)F)c3F)c2C=C1C1(C#N)CC1. The highest BCUT2D eigenvalue weighted by atomic mass is 19.3. The van der Waals surface area contributed by atoms with Gasteiger partial charge in [-0.1, -0.05) is 18.2 Å². The molecule has 2 aromatic rings. The van der Waals surface area contributed by atoms with Crippen molar-refractivity contribution in [3.63, 3.8) is 0 Å². The smallest absolute Gasteiger partial charge is 0.320 e. The van der Waals surface area contributed by atoms with E-state index in [4.69, 9.17) is 9.47 Å². The lowest BCUT2D eigenvalue weighted by Crippen LogP contribution is -2.33. The molecule has 2 aliphatic heterocycles. The summed E-state index contributed by atoms with van der Waals surface area (Å²) in [4.78, 5) is 11.4. The minimum atomic E-state index is -2.93. The summed E-state index contributed by atoms with van der Waals surface area (Å²) in [6.45, 7) is 3.08. The molecule has 0 radical (unpaired) electrons. The average molecular weight is 529 g/mol. The second kappa shape index (κ2) is 10.4. The molecule has 11 heteroatoms. The van der Waals surface area contributed by atoms with Crippen molar-refractivity contribution in [3.05, 3.63) is 46.3 Å². The Hall–Kier alpha value is -3.36. The molecule has 2 N–H and O–H groups in total. The van der Waals surface area contributed by atoms with Crippen molar-refractivity contribution in [2.75, 3.05) is 37.9 Å². The molecule has 1 aliphatic carbocycles. The van der Waals surface area contributed by atoms with E-state index in [-0.39, 0.29) is 17.6 Å². The third-order valence-electron chi connectivity index (χ3n) is 7.72. The lowest BCUT2D eigenvalue weighted by Gasteiger charge is -2.30. The van der Waals surface area contributed by atoms with Crippen molar-refractivity contribution in [3.8, 4) is 12.1 Å². The number of likely N-dealkylation sites (tertiary alicyclic amines) is 1. The number of hydrogen-bond donors (Lipinski definition) is 2. The van der Waals surface area contributed by atoms with Crippen LogP contribution in [-0.4, -0.2) is 54.4 Å². The van der Waals surface area contributed by atoms with Gasteiger partial charge in [-0.2, -0.15) is 15.2 Å². The summed E-state index contributed by atoms with van der Waals surface area (Å²) < 4.78 is 53.2. The van der Waals surface area contributed by atoms with Gasteiger partial charge in [-0.15, -0.1) is 0 Å². The first-order chi connectivity index (χ1) is 18.3. The highest BCUT2D eigenvalue weighted by Crippen LogP contribution is 2.55. The van der Waals surface area contributed by atoms with E-state index in [0.29, 0.717) is 36.6 Å². The zero-order chi connectivity index (χ0) is 27.0. The summed E-state index contributed by atoms with van der Waals surface area (Å²) in [5, 5.41) is 16.3. The van der Waals surface area contributed by atoms with Crippen LogP contribution in [0, 0.1) is 22.6 Å². The maximum Gasteiger partial charge on any atom is 0.320 e. The third-order valence-corrected chi connectivity index (χ3v) is 7.72. The quantitative estimate of drug-likeness (QED) is 0.454. The Labute approximate surface area is 219 Å². The molecule has 1 aromatic carbocycles. The van der Waals surface area contributed by atoms with Gasteiger partial charge in [-0.3, -0.25) is 0 Å². The van der Waals surface area contributed by atoms with Crippen LogP contribution in [0.4, 0.5) is 24.8 Å². The van der Waals surface area contributed by atoms with Gasteiger partial charge in [0.05, 0.1) is 28.7 Å². The number of benzene rings is 1. The molecule has 38 heavy (non-hydrogen) atoms. The van der Waals surface area contributed by atoms with E-state index in [2.05, 4.69) is 31.6 Å². The van der Waals surface area contributed by atoms with Crippen LogP contribution in [0.3, 0.4) is 0 Å². The van der Waals surface area contributed by atoms with E-state index in [1.807, 2.05) is 13.1 Å². The summed E-state index contributed by atoms with van der Waals surface area (Å²) in [6, 6.07) is 6.02. The number of aromatic nitrogens is 2. The predicted molar refractivity (Wildman–Crippen MR) is 136 cm³/mol. The van der Waals surface area contributed by atoms with Crippen LogP contribution in [-0.2, 0) is 4.74 Å². The van der Waals surface area contributed by atoms with Gasteiger partial charge in [-0.25, -0.2) is 13.2 Å². The Balaban J connectivity index is 1.51. The fraction of sp³-hybridized carbons (Fsp3) is 0.519. The molecule has 8 nitrogen and oxygen atoms in total. The van der Waals surface area contributed by atoms with Gasteiger partial charge >= 0.3 is 6.01 Å². The van der Waals surface area contributed by atoms with Gasteiger partial charge in [0, 0.05) is 18.7 Å². The molecule has 0 bridgehead atoms. The molecule has 2 fully saturated rings. The van der Waals surface area contributed by atoms with Gasteiger partial charge in [0.1, 0.15) is 24.1 Å². The van der Waals surface area contributed by atoms with Crippen molar-refractivity contribution in [2.24, 2.45) is 5.41 Å². The van der Waals surface area contributed by atoms with Crippen LogP contribution < -0.4 is 15.4 Å². The molecule has 0 spiro atoms. The number of nitrogens with zero attached hydrogens (tertiary/aromatic N) is 4. The van der Waals surface area contributed by atoms with Crippen LogP contribution in [0.1, 0.15) is 61.8 Å². The van der Waals surface area contributed by atoms with Crippen molar-refractivity contribution in [1.82, 2.24) is 14.9 Å². The number of rotatable bonds is 9. The summed E-state index contributed by atoms with van der Waals surface area (Å²) in [5.74, 6) is -0.176. The Kier molecular flexibility index (Phi) is 7.20. The first-order valence-electron chi connectivity index (χ1n) is 12.8. The number of anilines is 2. The second-order valence-corrected chi connectivity index (χ2v) is 10.2. The molecular weight excluding hydrogens is 497 g/mol. The topological polar surface area (TPSA) is 95.3 Å². The van der Waals surface area contributed by atoms with Gasteiger partial charge in [0.2, 0.25) is 0 Å². The number of nitriles is 1. The largest absolute Gasteiger partial charge is 0.462 e. The van der Waals surface area contributed by atoms with E-state index >= 15 is 0 Å². The van der Waals surface area contributed by atoms with Crippen LogP contribution in [0.5, 0.6) is 6.01 Å². The standard InChI is InChI=1S/C27H31F3N6O2/c1-15(17-7-4-8-18(21(17)28)22(29)30)32-23-19-12-20(27(14-31)9-10-27)25(37-3)33-24(19)35-26(34-23)38-13-16-6-5-11-36(16)2/h4,7-8,12,15-16,22,25H,5-6,9-11,13H2,1-3H3,(H2,32,33,34,35)/t15-,16+,25?/m1/s1. The molecule has 1 aromatic heterocycles. The lowest BCUT2D eigenvalue weighted by molar-refractivity contribution is 0.145. The van der Waals surface area contributed by atoms with E-state index in [1.54, 1.807) is 14.0 Å². The van der Waals surface area contributed by atoms with Gasteiger partial charge < -0.3 is 25.0 Å². The van der Waals surface area contributed by atoms with Gasteiger partial charge in [-0.05, 0) is 57.8 Å². The average Bonchev–Trinajstić information content (AvgIpc) is 3.60. The first-order valence-corrected chi connectivity index (χ1v) is 12.8. The molecule has 1 saturated carbocycles. The number of likely N-dealkylation sites (N-methyl/N-ethyl adjacent to an activating group) is 1. The van der Waals surface area contributed by atoms with E-state index in [9.17, 15) is 18.4 Å². The van der Waals surface area contributed by atoms with Crippen LogP contribution in [0.2, 0.25) is 0 Å². The molecular formula is C27H31F3N6O2. The lowest BCUT2D eigenvalue weighted by atomic mass is 9.91. The number of fused-ring (bicyclic) bond motifs is 1. The fourth-order valence-corrected chi connectivity index (χ4v) is 5.18. The zero-order valence-corrected chi connectivity index (χ0v) is 21.6. The van der Waals surface area contributed by atoms with Crippen molar-refractivity contribution >= 4 is 17.7 Å². The summed E-state index contributed by atoms with van der Waals surface area (Å²) in [7, 11) is 3.60. The Morgan fingerprint density at radius 1 is 1.29 bits per heavy atom. The van der Waals surface area contributed by atoms with E-state index in [0.717, 1.165) is 31.0 Å². The van der Waals surface area contributed by atoms with Crippen molar-refractivity contribution < 1.29 is 22.6 Å². The second-order valence-electron chi connectivity index (χ2n) is 10.2. The molecule has 0 amide bonds. The number of methoxy groups -OCH3 is 1. The number of hydrogen-bond acceptors (Lipinski definition) is 8. The maximum atomic E-state index is 14.9. The molecule has 202 valence electrons. The fourth-order valence-electron chi connectivity index (χ4n) is 5.18. The monoisotopic (exact) mass is 528 g/mol. The first kappa shape index (κ1) is 26.3. The number of ether oxygens (including phenoxy) is 2. The van der Waals surface area contributed by atoms with Crippen molar-refractivity contribution in [1.29, 1.82) is 5.26 Å². The Bertz CT molecular complexity index is 1280. The molecule has 3 heterocycles. The maximum absolute atomic E-state index is 14.9. The summed E-state index contributed by atoms with van der Waals surface area (Å²) >= 11 is 0. The van der Waals surface area contributed by atoms with E-state index in [1.165, 1.54) is 12.1 Å².